The van der Waals surface area contributed by atoms with Crippen LogP contribution in [0.3, 0.4) is 0 Å². The molecule has 1 fully saturated rings. The molecule has 1 heterocycles. The number of esters is 1. The maximum absolute atomic E-state index is 12.3. The van der Waals surface area contributed by atoms with Crippen molar-refractivity contribution < 1.29 is 28.7 Å². The SMILES string of the molecule is CCOC(=O)N1CCC(NC(=O)COC(=O)CCC(=O)c2cc(C)ccc2C)CC1. The number of ether oxygens (including phenoxy) is 2. The van der Waals surface area contributed by atoms with Gasteiger partial charge in [-0.1, -0.05) is 17.7 Å². The van der Waals surface area contributed by atoms with Gasteiger partial charge in [0.1, 0.15) is 0 Å². The van der Waals surface area contributed by atoms with Crippen LogP contribution in [0.25, 0.3) is 0 Å². The third-order valence-corrected chi connectivity index (χ3v) is 5.00. The molecule has 0 aromatic heterocycles. The van der Waals surface area contributed by atoms with E-state index in [-0.39, 0.29) is 37.4 Å². The second kappa shape index (κ2) is 11.3. The van der Waals surface area contributed by atoms with Crippen LogP contribution in [0.15, 0.2) is 18.2 Å². The Bertz CT molecular complexity index is 784. The van der Waals surface area contributed by atoms with Crippen molar-refractivity contribution in [3.8, 4) is 0 Å². The van der Waals surface area contributed by atoms with Gasteiger partial charge in [0.2, 0.25) is 0 Å². The molecule has 1 saturated heterocycles. The van der Waals surface area contributed by atoms with Crippen LogP contribution in [0.1, 0.15) is 54.1 Å². The summed E-state index contributed by atoms with van der Waals surface area (Å²) in [6.07, 6.45) is 0.854. The van der Waals surface area contributed by atoms with Gasteiger partial charge < -0.3 is 19.7 Å². The van der Waals surface area contributed by atoms with Crippen molar-refractivity contribution in [2.75, 3.05) is 26.3 Å². The van der Waals surface area contributed by atoms with E-state index in [0.29, 0.717) is 38.1 Å². The first-order valence-corrected chi connectivity index (χ1v) is 10.3. The number of amides is 2. The zero-order valence-electron chi connectivity index (χ0n) is 17.9. The van der Waals surface area contributed by atoms with Gasteiger partial charge in [0.15, 0.2) is 12.4 Å². The fraction of sp³-hybridized carbons (Fsp3) is 0.545. The molecule has 0 aliphatic carbocycles. The van der Waals surface area contributed by atoms with E-state index in [9.17, 15) is 19.2 Å². The van der Waals surface area contributed by atoms with Crippen molar-refractivity contribution in [3.63, 3.8) is 0 Å². The highest BCUT2D eigenvalue weighted by Crippen LogP contribution is 2.14. The molecule has 0 spiro atoms. The zero-order chi connectivity index (χ0) is 22.1. The zero-order valence-corrected chi connectivity index (χ0v) is 17.9. The van der Waals surface area contributed by atoms with Gasteiger partial charge in [-0.15, -0.1) is 0 Å². The Kier molecular flexibility index (Phi) is 8.83. The summed E-state index contributed by atoms with van der Waals surface area (Å²) in [5.41, 5.74) is 2.46. The number of hydrogen-bond acceptors (Lipinski definition) is 6. The smallest absolute Gasteiger partial charge is 0.409 e. The van der Waals surface area contributed by atoms with Crippen LogP contribution in [-0.2, 0) is 19.1 Å². The molecule has 0 unspecified atom stereocenters. The van der Waals surface area contributed by atoms with Gasteiger partial charge >= 0.3 is 12.1 Å². The number of hydrogen-bond donors (Lipinski definition) is 1. The molecule has 8 nitrogen and oxygen atoms in total. The summed E-state index contributed by atoms with van der Waals surface area (Å²) in [4.78, 5) is 49.5. The molecule has 1 aromatic carbocycles. The summed E-state index contributed by atoms with van der Waals surface area (Å²) >= 11 is 0. The first kappa shape index (κ1) is 23.4. The summed E-state index contributed by atoms with van der Waals surface area (Å²) in [5, 5.41) is 2.81. The maximum atomic E-state index is 12.3. The van der Waals surface area contributed by atoms with E-state index in [0.717, 1.165) is 11.1 Å². The highest BCUT2D eigenvalue weighted by atomic mass is 16.6. The van der Waals surface area contributed by atoms with Crippen molar-refractivity contribution in [2.24, 2.45) is 0 Å². The van der Waals surface area contributed by atoms with Crippen molar-refractivity contribution in [3.05, 3.63) is 34.9 Å². The van der Waals surface area contributed by atoms with Crippen molar-refractivity contribution in [2.45, 2.75) is 52.5 Å². The van der Waals surface area contributed by atoms with Gasteiger partial charge in [-0.3, -0.25) is 14.4 Å². The number of rotatable bonds is 8. The molecule has 164 valence electrons. The maximum Gasteiger partial charge on any atom is 0.409 e. The summed E-state index contributed by atoms with van der Waals surface area (Å²) < 4.78 is 9.95. The van der Waals surface area contributed by atoms with E-state index in [2.05, 4.69) is 5.32 Å². The summed E-state index contributed by atoms with van der Waals surface area (Å²) in [5.74, 6) is -1.09. The molecule has 30 heavy (non-hydrogen) atoms. The minimum atomic E-state index is -0.582. The third kappa shape index (κ3) is 7.17. The fourth-order valence-electron chi connectivity index (χ4n) is 3.30. The Balaban J connectivity index is 1.66. The molecule has 2 amide bonds. The molecule has 0 atom stereocenters. The summed E-state index contributed by atoms with van der Waals surface area (Å²) in [6, 6.07) is 5.54. The van der Waals surface area contributed by atoms with E-state index in [1.165, 1.54) is 0 Å². The molecule has 8 heteroatoms. The molecule has 0 bridgehead atoms. The molecule has 0 radical (unpaired) electrons. The van der Waals surface area contributed by atoms with Crippen LogP contribution in [0.4, 0.5) is 4.79 Å². The van der Waals surface area contributed by atoms with Gasteiger partial charge in [-0.05, 0) is 45.2 Å². The average molecular weight is 418 g/mol. The number of nitrogens with zero attached hydrogens (tertiary/aromatic N) is 1. The third-order valence-electron chi connectivity index (χ3n) is 5.00. The van der Waals surface area contributed by atoms with Gasteiger partial charge in [-0.2, -0.15) is 0 Å². The normalized spacial score (nSPS) is 14.2. The Labute approximate surface area is 176 Å². The van der Waals surface area contributed by atoms with Crippen molar-refractivity contribution in [1.82, 2.24) is 10.2 Å². The van der Waals surface area contributed by atoms with Crippen LogP contribution in [0.5, 0.6) is 0 Å². The predicted molar refractivity (Wildman–Crippen MR) is 110 cm³/mol. The number of likely N-dealkylation sites (tertiary alicyclic amines) is 1. The van der Waals surface area contributed by atoms with Gasteiger partial charge in [0, 0.05) is 31.1 Å². The Morgan fingerprint density at radius 1 is 1.07 bits per heavy atom. The lowest BCUT2D eigenvalue weighted by molar-refractivity contribution is -0.148. The quantitative estimate of drug-likeness (QED) is 0.514. The van der Waals surface area contributed by atoms with E-state index in [1.54, 1.807) is 11.8 Å². The number of aryl methyl sites for hydroxylation is 2. The molecule has 1 aliphatic rings. The minimum Gasteiger partial charge on any atom is -0.456 e. The fourth-order valence-corrected chi connectivity index (χ4v) is 3.30. The lowest BCUT2D eigenvalue weighted by atomic mass is 9.99. The molecular formula is C22H30N2O6. The van der Waals surface area contributed by atoms with Gasteiger partial charge in [0.25, 0.3) is 5.91 Å². The molecule has 1 aliphatic heterocycles. The minimum absolute atomic E-state index is 0.0388. The molecule has 2 rings (SSSR count). The largest absolute Gasteiger partial charge is 0.456 e. The van der Waals surface area contributed by atoms with Crippen molar-refractivity contribution >= 4 is 23.8 Å². The lowest BCUT2D eigenvalue weighted by Gasteiger charge is -2.31. The first-order chi connectivity index (χ1) is 14.3. The van der Waals surface area contributed by atoms with Gasteiger partial charge in [-0.25, -0.2) is 4.79 Å². The van der Waals surface area contributed by atoms with Crippen LogP contribution in [0, 0.1) is 13.8 Å². The number of carbonyl (C=O) groups is 4. The summed E-state index contributed by atoms with van der Waals surface area (Å²) in [7, 11) is 0. The lowest BCUT2D eigenvalue weighted by Crippen LogP contribution is -2.47. The Morgan fingerprint density at radius 2 is 1.77 bits per heavy atom. The number of piperidine rings is 1. The first-order valence-electron chi connectivity index (χ1n) is 10.3. The Morgan fingerprint density at radius 3 is 2.43 bits per heavy atom. The van der Waals surface area contributed by atoms with Gasteiger partial charge in [0.05, 0.1) is 13.0 Å². The highest BCUT2D eigenvalue weighted by Gasteiger charge is 2.24. The Hall–Kier alpha value is -2.90. The van der Waals surface area contributed by atoms with E-state index < -0.39 is 11.9 Å². The van der Waals surface area contributed by atoms with Crippen LogP contribution >= 0.6 is 0 Å². The number of ketones is 1. The molecule has 1 aromatic rings. The molecular weight excluding hydrogens is 388 g/mol. The monoisotopic (exact) mass is 418 g/mol. The standard InChI is InChI=1S/C22H30N2O6/c1-4-29-22(28)24-11-9-17(10-12-24)23-20(26)14-30-21(27)8-7-19(25)18-13-15(2)5-6-16(18)3/h5-6,13,17H,4,7-12,14H2,1-3H3,(H,23,26). The molecule has 0 saturated carbocycles. The second-order valence-corrected chi connectivity index (χ2v) is 7.43. The number of Topliss-reactive ketones (excluding diaryl/α,β-unsaturated/α-hetero) is 1. The van der Waals surface area contributed by atoms with E-state index in [4.69, 9.17) is 9.47 Å². The highest BCUT2D eigenvalue weighted by molar-refractivity contribution is 5.99. The second-order valence-electron chi connectivity index (χ2n) is 7.43. The number of nitrogens with one attached hydrogen (secondary N) is 1. The predicted octanol–water partition coefficient (Wildman–Crippen LogP) is 2.55. The van der Waals surface area contributed by atoms with Crippen LogP contribution in [0.2, 0.25) is 0 Å². The topological polar surface area (TPSA) is 102 Å². The number of benzene rings is 1. The average Bonchev–Trinajstić information content (AvgIpc) is 2.73. The van der Waals surface area contributed by atoms with Crippen molar-refractivity contribution in [1.29, 1.82) is 0 Å². The van der Waals surface area contributed by atoms with Crippen LogP contribution in [-0.4, -0.2) is 61.0 Å². The van der Waals surface area contributed by atoms with E-state index >= 15 is 0 Å². The molecule has 1 N–H and O–H groups in total. The van der Waals surface area contributed by atoms with E-state index in [1.807, 2.05) is 32.0 Å². The number of carbonyl (C=O) groups excluding carboxylic acids is 4. The summed E-state index contributed by atoms with van der Waals surface area (Å²) in [6.45, 7) is 6.47. The van der Waals surface area contributed by atoms with Crippen LogP contribution < -0.4 is 5.32 Å².